The molecule has 4 atom stereocenters. The Kier molecular flexibility index (Phi) is 6.11. The largest absolute Gasteiger partial charge is 0.374 e. The van der Waals surface area contributed by atoms with E-state index in [0.29, 0.717) is 12.1 Å². The Balaban J connectivity index is 1.92. The molecule has 1 N–H and O–H groups in total. The average Bonchev–Trinajstić information content (AvgIpc) is 2.41. The van der Waals surface area contributed by atoms with Gasteiger partial charge in [0.25, 0.3) is 0 Å². The van der Waals surface area contributed by atoms with E-state index in [1.54, 1.807) is 0 Å². The SMILES string of the molecule is CCCN1CCOC(C(NC)C2CCCC(C)C2)C1. The number of hydrogen-bond donors (Lipinski definition) is 1. The number of ether oxygens (including phenoxy) is 1. The Labute approximate surface area is 119 Å². The van der Waals surface area contributed by atoms with E-state index in [2.05, 4.69) is 31.1 Å². The molecule has 0 amide bonds. The van der Waals surface area contributed by atoms with Crippen molar-refractivity contribution in [1.29, 1.82) is 0 Å². The molecular formula is C16H32N2O. The lowest BCUT2D eigenvalue weighted by atomic mass is 9.77. The minimum absolute atomic E-state index is 0.389. The number of nitrogens with one attached hydrogen (secondary N) is 1. The lowest BCUT2D eigenvalue weighted by Crippen LogP contribution is -2.54. The van der Waals surface area contributed by atoms with Crippen LogP contribution in [-0.2, 0) is 4.74 Å². The number of likely N-dealkylation sites (N-methyl/N-ethyl adjacent to an activating group) is 1. The van der Waals surface area contributed by atoms with Crippen molar-refractivity contribution in [2.45, 2.75) is 58.1 Å². The molecule has 0 aromatic carbocycles. The maximum atomic E-state index is 6.09. The predicted molar refractivity (Wildman–Crippen MR) is 80.4 cm³/mol. The first-order valence-electron chi connectivity index (χ1n) is 8.25. The highest BCUT2D eigenvalue weighted by Crippen LogP contribution is 2.32. The molecule has 1 saturated carbocycles. The molecular weight excluding hydrogens is 236 g/mol. The molecule has 1 heterocycles. The minimum Gasteiger partial charge on any atom is -0.374 e. The summed E-state index contributed by atoms with van der Waals surface area (Å²) in [5.74, 6) is 1.70. The van der Waals surface area contributed by atoms with E-state index in [-0.39, 0.29) is 0 Å². The smallest absolute Gasteiger partial charge is 0.0857 e. The second kappa shape index (κ2) is 7.61. The molecule has 0 spiro atoms. The summed E-state index contributed by atoms with van der Waals surface area (Å²) < 4.78 is 6.09. The van der Waals surface area contributed by atoms with Crippen LogP contribution in [0.25, 0.3) is 0 Å². The summed E-state index contributed by atoms with van der Waals surface area (Å²) in [6, 6.07) is 0.544. The first kappa shape index (κ1) is 15.3. The third kappa shape index (κ3) is 4.17. The summed E-state index contributed by atoms with van der Waals surface area (Å²) in [5.41, 5.74) is 0. The molecule has 19 heavy (non-hydrogen) atoms. The van der Waals surface area contributed by atoms with Gasteiger partial charge in [-0.1, -0.05) is 26.7 Å². The quantitative estimate of drug-likeness (QED) is 0.829. The number of nitrogens with zero attached hydrogens (tertiary/aromatic N) is 1. The Morgan fingerprint density at radius 3 is 2.89 bits per heavy atom. The summed E-state index contributed by atoms with van der Waals surface area (Å²) in [6.45, 7) is 9.03. The van der Waals surface area contributed by atoms with Gasteiger partial charge in [0, 0.05) is 19.1 Å². The third-order valence-electron chi connectivity index (χ3n) is 4.94. The van der Waals surface area contributed by atoms with Gasteiger partial charge in [-0.3, -0.25) is 4.90 Å². The van der Waals surface area contributed by atoms with Gasteiger partial charge < -0.3 is 10.1 Å². The molecule has 1 aliphatic heterocycles. The summed E-state index contributed by atoms with van der Waals surface area (Å²) in [4.78, 5) is 2.57. The fourth-order valence-corrected chi connectivity index (χ4v) is 4.00. The highest BCUT2D eigenvalue weighted by atomic mass is 16.5. The Morgan fingerprint density at radius 1 is 1.37 bits per heavy atom. The molecule has 3 nitrogen and oxygen atoms in total. The van der Waals surface area contributed by atoms with E-state index >= 15 is 0 Å². The van der Waals surface area contributed by atoms with Crippen LogP contribution >= 0.6 is 0 Å². The van der Waals surface area contributed by atoms with E-state index in [1.807, 2.05) is 0 Å². The van der Waals surface area contributed by atoms with E-state index < -0.39 is 0 Å². The van der Waals surface area contributed by atoms with Crippen LogP contribution in [0, 0.1) is 11.8 Å². The lowest BCUT2D eigenvalue weighted by molar-refractivity contribution is -0.0593. The molecule has 3 heteroatoms. The van der Waals surface area contributed by atoms with Crippen molar-refractivity contribution in [3.8, 4) is 0 Å². The standard InChI is InChI=1S/C16H32N2O/c1-4-8-18-9-10-19-15(12-18)16(17-3)14-7-5-6-13(2)11-14/h13-17H,4-12H2,1-3H3. The van der Waals surface area contributed by atoms with Crippen LogP contribution < -0.4 is 5.32 Å². The van der Waals surface area contributed by atoms with Gasteiger partial charge >= 0.3 is 0 Å². The molecule has 0 aromatic heterocycles. The maximum absolute atomic E-state index is 6.09. The van der Waals surface area contributed by atoms with Crippen LogP contribution in [-0.4, -0.2) is 50.3 Å². The van der Waals surface area contributed by atoms with E-state index in [0.717, 1.165) is 31.5 Å². The molecule has 0 aromatic rings. The second-order valence-corrected chi connectivity index (χ2v) is 6.56. The molecule has 0 bridgehead atoms. The molecule has 2 fully saturated rings. The Hall–Kier alpha value is -0.120. The van der Waals surface area contributed by atoms with Crippen molar-refractivity contribution in [3.63, 3.8) is 0 Å². The second-order valence-electron chi connectivity index (χ2n) is 6.56. The lowest BCUT2D eigenvalue weighted by Gasteiger charge is -2.42. The van der Waals surface area contributed by atoms with Crippen LogP contribution in [0.5, 0.6) is 0 Å². The van der Waals surface area contributed by atoms with Crippen LogP contribution in [0.2, 0.25) is 0 Å². The highest BCUT2D eigenvalue weighted by molar-refractivity contribution is 4.89. The molecule has 1 saturated heterocycles. The van der Waals surface area contributed by atoms with E-state index in [9.17, 15) is 0 Å². The predicted octanol–water partition coefficient (Wildman–Crippen LogP) is 2.51. The van der Waals surface area contributed by atoms with Crippen LogP contribution in [0.3, 0.4) is 0 Å². The molecule has 112 valence electrons. The molecule has 2 rings (SSSR count). The topological polar surface area (TPSA) is 24.5 Å². The monoisotopic (exact) mass is 268 g/mol. The minimum atomic E-state index is 0.389. The highest BCUT2D eigenvalue weighted by Gasteiger charge is 2.34. The summed E-state index contributed by atoms with van der Waals surface area (Å²) in [5, 5.41) is 3.57. The van der Waals surface area contributed by atoms with Crippen molar-refractivity contribution in [1.82, 2.24) is 10.2 Å². The molecule has 1 aliphatic carbocycles. The van der Waals surface area contributed by atoms with Crippen molar-refractivity contribution in [3.05, 3.63) is 0 Å². The van der Waals surface area contributed by atoms with E-state index in [1.165, 1.54) is 38.6 Å². The first-order chi connectivity index (χ1) is 9.24. The number of rotatable bonds is 5. The summed E-state index contributed by atoms with van der Waals surface area (Å²) in [6.07, 6.45) is 7.20. The maximum Gasteiger partial charge on any atom is 0.0857 e. The Bertz CT molecular complexity index is 257. The normalized spacial score (nSPS) is 35.2. The van der Waals surface area contributed by atoms with Gasteiger partial charge in [0.1, 0.15) is 0 Å². The van der Waals surface area contributed by atoms with Gasteiger partial charge in [0.05, 0.1) is 12.7 Å². The molecule has 2 aliphatic rings. The number of hydrogen-bond acceptors (Lipinski definition) is 3. The summed E-state index contributed by atoms with van der Waals surface area (Å²) >= 11 is 0. The average molecular weight is 268 g/mol. The van der Waals surface area contributed by atoms with Crippen molar-refractivity contribution in [2.75, 3.05) is 33.3 Å². The van der Waals surface area contributed by atoms with Crippen LogP contribution in [0.4, 0.5) is 0 Å². The molecule has 4 unspecified atom stereocenters. The summed E-state index contributed by atoms with van der Waals surface area (Å²) in [7, 11) is 2.12. The van der Waals surface area contributed by atoms with E-state index in [4.69, 9.17) is 4.74 Å². The van der Waals surface area contributed by atoms with Crippen LogP contribution in [0.15, 0.2) is 0 Å². The fraction of sp³-hybridized carbons (Fsp3) is 1.00. The van der Waals surface area contributed by atoms with Gasteiger partial charge in [-0.2, -0.15) is 0 Å². The van der Waals surface area contributed by atoms with Crippen molar-refractivity contribution < 1.29 is 4.74 Å². The zero-order valence-electron chi connectivity index (χ0n) is 13.0. The van der Waals surface area contributed by atoms with Gasteiger partial charge in [-0.15, -0.1) is 0 Å². The zero-order valence-corrected chi connectivity index (χ0v) is 13.0. The van der Waals surface area contributed by atoms with Crippen molar-refractivity contribution >= 4 is 0 Å². The van der Waals surface area contributed by atoms with Gasteiger partial charge in [-0.05, 0) is 44.7 Å². The van der Waals surface area contributed by atoms with Crippen LogP contribution in [0.1, 0.15) is 46.0 Å². The van der Waals surface area contributed by atoms with Gasteiger partial charge in [0.2, 0.25) is 0 Å². The first-order valence-corrected chi connectivity index (χ1v) is 8.25. The van der Waals surface area contributed by atoms with Gasteiger partial charge in [-0.25, -0.2) is 0 Å². The van der Waals surface area contributed by atoms with Gasteiger partial charge in [0.15, 0.2) is 0 Å². The van der Waals surface area contributed by atoms with Crippen molar-refractivity contribution in [2.24, 2.45) is 11.8 Å². The number of morpholine rings is 1. The fourth-order valence-electron chi connectivity index (χ4n) is 4.00. The Morgan fingerprint density at radius 2 is 2.21 bits per heavy atom. The zero-order chi connectivity index (χ0) is 13.7. The molecule has 0 radical (unpaired) electrons. The third-order valence-corrected chi connectivity index (χ3v) is 4.94.